The van der Waals surface area contributed by atoms with Crippen LogP contribution >= 0.6 is 0 Å². The highest BCUT2D eigenvalue weighted by molar-refractivity contribution is 5.93. The average molecular weight is 190 g/mol. The Bertz CT molecular complexity index is 429. The molecule has 5 nitrogen and oxygen atoms in total. The molecule has 2 rings (SSSR count). The van der Waals surface area contributed by atoms with Crippen LogP contribution in [-0.2, 0) is 13.6 Å². The van der Waals surface area contributed by atoms with E-state index >= 15 is 0 Å². The first-order valence-corrected chi connectivity index (χ1v) is 4.26. The second-order valence-corrected chi connectivity index (χ2v) is 3.00. The fourth-order valence-corrected chi connectivity index (χ4v) is 1.19. The fraction of sp³-hybridized carbons (Fsp3) is 0.222. The number of hydrogen-bond donors (Lipinski definition) is 0. The first kappa shape index (κ1) is 8.68. The lowest BCUT2D eigenvalue weighted by atomic mass is 10.3. The van der Waals surface area contributed by atoms with E-state index in [1.54, 1.807) is 47.1 Å². The van der Waals surface area contributed by atoms with Gasteiger partial charge in [0, 0.05) is 25.6 Å². The van der Waals surface area contributed by atoms with Crippen LogP contribution in [0, 0.1) is 0 Å². The molecule has 0 fully saturated rings. The zero-order valence-corrected chi connectivity index (χ0v) is 7.79. The highest BCUT2D eigenvalue weighted by Gasteiger charge is 2.09. The van der Waals surface area contributed by atoms with Crippen LogP contribution in [0.1, 0.15) is 10.5 Å². The largest absolute Gasteiger partial charge is 0.290 e. The van der Waals surface area contributed by atoms with Gasteiger partial charge in [-0.3, -0.25) is 14.2 Å². The molecule has 2 heterocycles. The number of hydrogen-bond acceptors (Lipinski definition) is 3. The summed E-state index contributed by atoms with van der Waals surface area (Å²) in [4.78, 5) is 11.6. The molecule has 0 aliphatic carbocycles. The van der Waals surface area contributed by atoms with Crippen LogP contribution in [0.15, 0.2) is 30.7 Å². The van der Waals surface area contributed by atoms with Crippen molar-refractivity contribution in [3.05, 3.63) is 36.4 Å². The predicted octanol–water partition coefficient (Wildman–Crippen LogP) is 0.499. The quantitative estimate of drug-likeness (QED) is 0.662. The first-order chi connectivity index (χ1) is 6.75. The van der Waals surface area contributed by atoms with Gasteiger partial charge in [-0.25, -0.2) is 0 Å². The molecule has 0 spiro atoms. The van der Waals surface area contributed by atoms with Crippen molar-refractivity contribution >= 4 is 5.78 Å². The van der Waals surface area contributed by atoms with Crippen molar-refractivity contribution in [2.24, 2.45) is 7.05 Å². The lowest BCUT2D eigenvalue weighted by molar-refractivity contribution is 0.0962. The molecule has 0 bridgehead atoms. The molecule has 0 N–H and O–H groups in total. The molecule has 0 radical (unpaired) electrons. The van der Waals surface area contributed by atoms with Crippen LogP contribution in [-0.4, -0.2) is 25.3 Å². The van der Waals surface area contributed by atoms with Gasteiger partial charge >= 0.3 is 0 Å². The van der Waals surface area contributed by atoms with Gasteiger partial charge < -0.3 is 0 Å². The van der Waals surface area contributed by atoms with E-state index in [-0.39, 0.29) is 12.3 Å². The summed E-state index contributed by atoms with van der Waals surface area (Å²) in [6.45, 7) is 0.240. The summed E-state index contributed by atoms with van der Waals surface area (Å²) in [5.74, 6) is -0.0331. The predicted molar refractivity (Wildman–Crippen MR) is 49.8 cm³/mol. The third-order valence-corrected chi connectivity index (χ3v) is 1.86. The van der Waals surface area contributed by atoms with Gasteiger partial charge in [-0.2, -0.15) is 10.2 Å². The van der Waals surface area contributed by atoms with Crippen molar-refractivity contribution in [3.63, 3.8) is 0 Å². The third-order valence-electron chi connectivity index (χ3n) is 1.86. The molecule has 14 heavy (non-hydrogen) atoms. The summed E-state index contributed by atoms with van der Waals surface area (Å²) >= 11 is 0. The molecule has 0 saturated carbocycles. The number of Topliss-reactive ketones (excluding diaryl/α,β-unsaturated/α-hetero) is 1. The topological polar surface area (TPSA) is 52.7 Å². The zero-order valence-electron chi connectivity index (χ0n) is 7.79. The molecular weight excluding hydrogens is 180 g/mol. The summed E-state index contributed by atoms with van der Waals surface area (Å²) in [5.41, 5.74) is 0.475. The van der Waals surface area contributed by atoms with E-state index in [0.717, 1.165) is 0 Å². The van der Waals surface area contributed by atoms with Gasteiger partial charge in [0.2, 0.25) is 5.78 Å². The van der Waals surface area contributed by atoms with E-state index in [2.05, 4.69) is 10.2 Å². The summed E-state index contributed by atoms with van der Waals surface area (Å²) in [5, 5.41) is 7.97. The minimum Gasteiger partial charge on any atom is -0.290 e. The van der Waals surface area contributed by atoms with Crippen molar-refractivity contribution in [1.29, 1.82) is 0 Å². The second kappa shape index (κ2) is 3.45. The Morgan fingerprint density at radius 2 is 2.36 bits per heavy atom. The normalized spacial score (nSPS) is 10.4. The molecule has 0 aliphatic rings. The zero-order chi connectivity index (χ0) is 9.97. The van der Waals surface area contributed by atoms with Crippen molar-refractivity contribution in [2.45, 2.75) is 6.54 Å². The second-order valence-electron chi connectivity index (χ2n) is 3.00. The Labute approximate surface area is 81.0 Å². The number of nitrogens with zero attached hydrogens (tertiary/aromatic N) is 4. The number of ketones is 1. The highest BCUT2D eigenvalue weighted by atomic mass is 16.1. The maximum atomic E-state index is 11.6. The van der Waals surface area contributed by atoms with Crippen molar-refractivity contribution in [2.75, 3.05) is 0 Å². The molecule has 72 valence electrons. The molecule has 0 aromatic carbocycles. The van der Waals surface area contributed by atoms with Crippen molar-refractivity contribution in [1.82, 2.24) is 19.6 Å². The Kier molecular flexibility index (Phi) is 2.14. The van der Waals surface area contributed by atoms with E-state index < -0.39 is 0 Å². The van der Waals surface area contributed by atoms with Crippen molar-refractivity contribution < 1.29 is 4.79 Å². The molecule has 0 atom stereocenters. The van der Waals surface area contributed by atoms with Gasteiger partial charge in [-0.15, -0.1) is 0 Å². The lowest BCUT2D eigenvalue weighted by Gasteiger charge is -1.97. The average Bonchev–Trinajstić information content (AvgIpc) is 2.75. The van der Waals surface area contributed by atoms with Crippen LogP contribution in [0.4, 0.5) is 0 Å². The van der Waals surface area contributed by atoms with E-state index in [1.165, 1.54) is 0 Å². The van der Waals surface area contributed by atoms with E-state index in [9.17, 15) is 4.79 Å². The van der Waals surface area contributed by atoms with E-state index in [0.29, 0.717) is 5.69 Å². The minimum absolute atomic E-state index is 0.0331. The van der Waals surface area contributed by atoms with Gasteiger partial charge in [0.05, 0.1) is 0 Å². The van der Waals surface area contributed by atoms with E-state index in [1.807, 2.05) is 0 Å². The van der Waals surface area contributed by atoms with Crippen LogP contribution in [0.3, 0.4) is 0 Å². The first-order valence-electron chi connectivity index (χ1n) is 4.26. The van der Waals surface area contributed by atoms with Gasteiger partial charge in [0.25, 0.3) is 0 Å². The molecule has 2 aromatic heterocycles. The van der Waals surface area contributed by atoms with Gasteiger partial charge in [0.1, 0.15) is 12.2 Å². The fourth-order valence-electron chi connectivity index (χ4n) is 1.19. The minimum atomic E-state index is -0.0331. The smallest absolute Gasteiger partial charge is 0.204 e. The summed E-state index contributed by atoms with van der Waals surface area (Å²) < 4.78 is 3.19. The maximum Gasteiger partial charge on any atom is 0.204 e. The van der Waals surface area contributed by atoms with Crippen molar-refractivity contribution in [3.8, 4) is 0 Å². The Morgan fingerprint density at radius 1 is 1.50 bits per heavy atom. The highest BCUT2D eigenvalue weighted by Crippen LogP contribution is 1.98. The van der Waals surface area contributed by atoms with Crippen LogP contribution in [0.2, 0.25) is 0 Å². The summed E-state index contributed by atoms with van der Waals surface area (Å²) in [6.07, 6.45) is 5.14. The molecule has 0 saturated heterocycles. The molecule has 0 unspecified atom stereocenters. The van der Waals surface area contributed by atoms with Gasteiger partial charge in [0.15, 0.2) is 0 Å². The van der Waals surface area contributed by atoms with Crippen LogP contribution in [0.5, 0.6) is 0 Å². The number of carbonyl (C=O) groups excluding carboxylic acids is 1. The Balaban J connectivity index is 2.10. The van der Waals surface area contributed by atoms with Crippen LogP contribution in [0.25, 0.3) is 0 Å². The number of carbonyl (C=O) groups is 1. The maximum absolute atomic E-state index is 11.6. The summed E-state index contributed by atoms with van der Waals surface area (Å²) in [7, 11) is 1.78. The molecule has 2 aromatic rings. The van der Waals surface area contributed by atoms with Crippen LogP contribution < -0.4 is 0 Å². The van der Waals surface area contributed by atoms with Gasteiger partial charge in [-0.1, -0.05) is 0 Å². The lowest BCUT2D eigenvalue weighted by Crippen LogP contribution is -2.11. The standard InChI is InChI=1S/C9H10N4O/c1-12-6-3-8(11-12)9(14)7-13-5-2-4-10-13/h2-6H,7H2,1H3. The monoisotopic (exact) mass is 190 g/mol. The Hall–Kier alpha value is -1.91. The molecule has 0 amide bonds. The SMILES string of the molecule is Cn1ccc(C(=O)Cn2cccn2)n1. The molecule has 5 heteroatoms. The Morgan fingerprint density at radius 3 is 2.93 bits per heavy atom. The number of aromatic nitrogens is 4. The third kappa shape index (κ3) is 1.71. The number of aryl methyl sites for hydroxylation is 1. The molecule has 0 aliphatic heterocycles. The van der Waals surface area contributed by atoms with E-state index in [4.69, 9.17) is 0 Å². The summed E-state index contributed by atoms with van der Waals surface area (Å²) in [6, 6.07) is 3.48. The van der Waals surface area contributed by atoms with Gasteiger partial charge in [-0.05, 0) is 12.1 Å². The number of rotatable bonds is 3. The molecular formula is C9H10N4O.